The number of fused-ring (bicyclic) bond motifs is 3. The molecule has 6 aromatic heterocycles. The quantitative estimate of drug-likeness (QED) is 0.0117. The normalized spacial score (nSPS) is 18.3. The van der Waals surface area contributed by atoms with Gasteiger partial charge in [-0.3, -0.25) is 34.4 Å². The molecule has 4 saturated carbocycles. The Balaban J connectivity index is 0.000000194. The first-order valence-corrected chi connectivity index (χ1v) is 61.7. The van der Waals surface area contributed by atoms with Gasteiger partial charge in [-0.05, 0) is 197 Å². The lowest BCUT2D eigenvalue weighted by Crippen LogP contribution is -2.49. The molecular formula is C105H159ClN16O18S5. The Hall–Kier alpha value is -9.18. The Morgan fingerprint density at radius 2 is 0.945 bits per heavy atom. The zero-order chi connectivity index (χ0) is 104. The van der Waals surface area contributed by atoms with Gasteiger partial charge in [-0.2, -0.15) is 0 Å². The summed E-state index contributed by atoms with van der Waals surface area (Å²) in [7, 11) is -13.3. The number of carbonyl (C=O) groups is 4. The number of amides is 1. The number of hydrogen-bond donors (Lipinski definition) is 6. The molecule has 9 aromatic rings. The van der Waals surface area contributed by atoms with Crippen molar-refractivity contribution in [1.82, 2.24) is 64.8 Å². The highest BCUT2D eigenvalue weighted by atomic mass is 35.5. The number of carbonyl (C=O) groups excluding carboxylic acids is 3. The second kappa shape index (κ2) is 52.3. The lowest BCUT2D eigenvalue weighted by atomic mass is 9.49. The molecule has 2 saturated heterocycles. The number of ether oxygens (including phenoxy) is 5. The van der Waals surface area contributed by atoms with Crippen molar-refractivity contribution in [2.24, 2.45) is 17.8 Å². The second-order valence-corrected chi connectivity index (χ2v) is 52.9. The van der Waals surface area contributed by atoms with Crippen LogP contribution in [0, 0.1) is 31.6 Å². The number of aromatic amines is 3. The van der Waals surface area contributed by atoms with Gasteiger partial charge in [0.05, 0.1) is 73.4 Å². The number of esters is 2. The Bertz CT molecular complexity index is 6170. The molecule has 0 spiro atoms. The van der Waals surface area contributed by atoms with Crippen molar-refractivity contribution in [3.05, 3.63) is 106 Å². The van der Waals surface area contributed by atoms with E-state index in [0.717, 1.165) is 122 Å². The van der Waals surface area contributed by atoms with Crippen LogP contribution in [0.25, 0.3) is 16.9 Å². The van der Waals surface area contributed by atoms with Crippen molar-refractivity contribution in [3.8, 4) is 23.0 Å². The number of carboxylic acids is 1. The maximum atomic E-state index is 13.7. The highest BCUT2D eigenvalue weighted by Crippen LogP contribution is 2.62. The number of hydrogen-bond acceptors (Lipinski definition) is 26. The molecule has 4 aliphatic carbocycles. The molecule has 40 heteroatoms. The molecule has 145 heavy (non-hydrogen) atoms. The minimum absolute atomic E-state index is 0.0368. The van der Waals surface area contributed by atoms with Crippen LogP contribution in [0.1, 0.15) is 334 Å². The second-order valence-electron chi connectivity index (χ2n) is 43.0. The number of sulfone groups is 3. The number of benzene rings is 3. The number of nitrogens with zero attached hydrogens (tertiary/aromatic N) is 11. The molecule has 4 bridgehead atoms. The number of rotatable bonds is 57. The molecule has 804 valence electrons. The zero-order valence-electron chi connectivity index (χ0n) is 87.6. The van der Waals surface area contributed by atoms with Crippen LogP contribution in [0.3, 0.4) is 0 Å². The van der Waals surface area contributed by atoms with Gasteiger partial charge in [0.25, 0.3) is 5.91 Å². The van der Waals surface area contributed by atoms with Crippen LogP contribution in [-0.2, 0) is 89.8 Å². The van der Waals surface area contributed by atoms with E-state index in [1.54, 1.807) is 11.4 Å². The largest absolute Gasteiger partial charge is 0.481 e. The predicted molar refractivity (Wildman–Crippen MR) is 570 cm³/mol. The highest BCUT2D eigenvalue weighted by molar-refractivity contribution is 7.99. The molecule has 1 amide bonds. The van der Waals surface area contributed by atoms with Crippen LogP contribution in [0.5, 0.6) is 23.0 Å². The number of aryl methyl sites for hydroxylation is 2. The van der Waals surface area contributed by atoms with E-state index < -0.39 is 79.9 Å². The number of thioether (sulfide) groups is 1. The lowest BCUT2D eigenvalue weighted by molar-refractivity contribution is -0.154. The Labute approximate surface area is 867 Å². The van der Waals surface area contributed by atoms with Gasteiger partial charge in [-0.25, -0.2) is 52.0 Å². The summed E-state index contributed by atoms with van der Waals surface area (Å²) in [5, 5.41) is 49.5. The minimum atomic E-state index is -3.75. The molecule has 2 aliphatic heterocycles. The van der Waals surface area contributed by atoms with E-state index in [2.05, 4.69) is 86.5 Å². The Morgan fingerprint density at radius 3 is 1.43 bits per heavy atom. The number of unbranched alkanes of at least 4 members (excludes halogenated alkanes) is 24. The van der Waals surface area contributed by atoms with E-state index in [1.807, 2.05) is 106 Å². The standard InChI is InChI=1S/C36H50ClN5O5S.C35H57N5O7S2.C34H52N6O6S2/c1-4-5-6-7-8-29(47-28-11-9-27(10-12-28)41-13-15-48(44,45)16-14-41)33(43)46-23-35(2,3)34-39-38-32-30(37)31(40-42(32)34)36-20-24-17-25(21-36)19-26(18-24)22-36;1-7-8-9-10-11-12-13-14-15-16-17-18-19-20-21-22-31(41)46-26-35(3,4)34-37-36-33-32(27(2)38-40(33)34)47-30-24-23-28(48(5,42)43)25-29(30)39-49(6,44)45;1-5-6-7-8-9-10-11-12-13-28(46-27-16-14-26(15-17-27)39-19-22-48(44,45)23-20-39)32(43)35-24-34(3,4)33-37-36-31-30(25(2)38-40(31)33)47-21-18-29(41)42/h9-12,24-26,29,40H,4-8,13-23H2,1-3H3;23-25,38-39H,7-22,26H2,1-6H3;14-17,28,38H,5-13,18-24H2,1-4H3,(H,35,43)(H,41,42). The monoisotopic (exact) mass is 2130 g/mol. The molecule has 6 aliphatic rings. The smallest absolute Gasteiger partial charge is 0.347 e. The van der Waals surface area contributed by atoms with Crippen molar-refractivity contribution >= 4 is 121 Å². The fourth-order valence-corrected chi connectivity index (χ4v) is 25.8. The average Bonchev–Trinajstić information content (AvgIpc) is 1.67. The first-order valence-electron chi connectivity index (χ1n) is 52.9. The van der Waals surface area contributed by atoms with Crippen LogP contribution >= 0.6 is 23.4 Å². The average molecular weight is 2130 g/mol. The Kier molecular flexibility index (Phi) is 41.3. The highest BCUT2D eigenvalue weighted by Gasteiger charge is 2.54. The number of carboxylic acid groups (broad SMARTS) is 1. The lowest BCUT2D eigenvalue weighted by Gasteiger charge is -2.56. The molecule has 8 heterocycles. The maximum absolute atomic E-state index is 13.7. The van der Waals surface area contributed by atoms with Crippen LogP contribution in [0.2, 0.25) is 5.02 Å². The van der Waals surface area contributed by atoms with Gasteiger partial charge in [-0.1, -0.05) is 200 Å². The third-order valence-corrected chi connectivity index (χ3v) is 35.3. The molecule has 2 atom stereocenters. The molecule has 6 N–H and O–H groups in total. The molecule has 0 radical (unpaired) electrons. The number of halogens is 1. The minimum Gasteiger partial charge on any atom is -0.481 e. The van der Waals surface area contributed by atoms with Gasteiger partial charge < -0.3 is 43.9 Å². The predicted octanol–water partition coefficient (Wildman–Crippen LogP) is 20.2. The van der Waals surface area contributed by atoms with Crippen LogP contribution in [0.15, 0.2) is 76.5 Å². The van der Waals surface area contributed by atoms with Crippen molar-refractivity contribution < 1.29 is 81.6 Å². The summed E-state index contributed by atoms with van der Waals surface area (Å²) >= 11 is 8.49. The van der Waals surface area contributed by atoms with Crippen LogP contribution < -0.4 is 34.0 Å². The van der Waals surface area contributed by atoms with Crippen molar-refractivity contribution in [1.29, 1.82) is 0 Å². The summed E-state index contributed by atoms with van der Waals surface area (Å²) in [4.78, 5) is 55.7. The first kappa shape index (κ1) is 115. The fourth-order valence-electron chi connectivity index (χ4n) is 20.9. The topological polar surface area (TPSA) is 440 Å². The van der Waals surface area contributed by atoms with Crippen LogP contribution in [-0.4, -0.2) is 221 Å². The number of aromatic nitrogens is 12. The number of nitrogens with one attached hydrogen (secondary N) is 5. The van der Waals surface area contributed by atoms with E-state index in [-0.39, 0.29) is 82.0 Å². The summed E-state index contributed by atoms with van der Waals surface area (Å²) < 4.78 is 134. The Morgan fingerprint density at radius 1 is 0.524 bits per heavy atom. The number of aliphatic carboxylic acids is 1. The summed E-state index contributed by atoms with van der Waals surface area (Å²) in [6.07, 6.45) is 42.2. The van der Waals surface area contributed by atoms with Crippen molar-refractivity contribution in [3.63, 3.8) is 0 Å². The maximum Gasteiger partial charge on any atom is 0.347 e. The van der Waals surface area contributed by atoms with Gasteiger partial charge >= 0.3 is 17.9 Å². The van der Waals surface area contributed by atoms with Gasteiger partial charge in [0.1, 0.15) is 29.7 Å². The summed E-state index contributed by atoms with van der Waals surface area (Å²) in [6, 6.07) is 19.0. The molecule has 3 aromatic carbocycles. The summed E-state index contributed by atoms with van der Waals surface area (Å²) in [5.41, 5.74) is 4.20. The number of H-pyrrole nitrogens is 3. The summed E-state index contributed by atoms with van der Waals surface area (Å²) in [5.74, 6) is 5.16. The van der Waals surface area contributed by atoms with Crippen molar-refractivity contribution in [2.45, 2.75) is 357 Å². The van der Waals surface area contributed by atoms with E-state index in [9.17, 15) is 52.8 Å². The molecule has 2 unspecified atom stereocenters. The third-order valence-electron chi connectivity index (χ3n) is 28.8. The van der Waals surface area contributed by atoms with E-state index in [4.69, 9.17) is 40.4 Å². The molecular weight excluding hydrogens is 1970 g/mol. The number of anilines is 3. The van der Waals surface area contributed by atoms with Gasteiger partial charge in [0.2, 0.25) is 15.7 Å². The third kappa shape index (κ3) is 32.7. The van der Waals surface area contributed by atoms with Gasteiger partial charge in [-0.15, -0.1) is 42.4 Å². The summed E-state index contributed by atoms with van der Waals surface area (Å²) in [6.45, 7) is 24.5. The SMILES string of the molecule is CCCCCCC(Oc1ccc(N2CCS(=O)(=O)CC2)cc1)C(=O)OCC(C)(C)c1nnc2c(Cl)c(C34CC5CC(CC(C5)C3)C4)[nH]n12.CCCCCCCCCCC(Oc1ccc(N2CCS(=O)(=O)CC2)cc1)C(=O)NCC(C)(C)c1nnc2c(SCCC(=O)O)c(C)[nH]n12.CCCCCCCCCCCCCCCCCC(=O)OCC(C)(C)c1nnc2c(Oc3ccc(S(C)(=O)=O)cc3NS(C)(=O)=O)c(C)[nH]n12. The van der Waals surface area contributed by atoms with Gasteiger partial charge in [0.15, 0.2) is 82.0 Å². The number of sulfonamides is 1. The van der Waals surface area contributed by atoms with Crippen LogP contribution in [0.4, 0.5) is 17.1 Å². The molecule has 6 fully saturated rings. The van der Waals surface area contributed by atoms with E-state index in [1.165, 1.54) is 178 Å². The van der Waals surface area contributed by atoms with Crippen molar-refractivity contribution in [2.75, 3.05) is 102 Å². The van der Waals surface area contributed by atoms with E-state index in [0.29, 0.717) is 114 Å². The molecule has 15 rings (SSSR count). The first-order chi connectivity index (χ1) is 69.0. The van der Waals surface area contributed by atoms with E-state index >= 15 is 0 Å². The fraction of sp³-hybridized carbons (Fsp3) is 0.676. The molecule has 34 nitrogen and oxygen atoms in total. The van der Waals surface area contributed by atoms with Gasteiger partial charge in [0, 0.05) is 79.1 Å². The zero-order valence-corrected chi connectivity index (χ0v) is 92.5.